The molecular weight excluding hydrogens is 746 g/mol. The summed E-state index contributed by atoms with van der Waals surface area (Å²) in [6.07, 6.45) is 3.92. The van der Waals surface area contributed by atoms with Crippen molar-refractivity contribution in [3.63, 3.8) is 0 Å². The van der Waals surface area contributed by atoms with E-state index in [1.807, 2.05) is 19.3 Å². The first-order chi connectivity index (χ1) is 25.0. The fourth-order valence-electron chi connectivity index (χ4n) is 6.76. The Hall–Kier alpha value is -2.95. The van der Waals surface area contributed by atoms with E-state index in [2.05, 4.69) is 5.32 Å². The van der Waals surface area contributed by atoms with Crippen molar-refractivity contribution in [2.45, 2.75) is 102 Å². The van der Waals surface area contributed by atoms with Crippen LogP contribution in [-0.4, -0.2) is 116 Å². The third-order valence-corrected chi connectivity index (χ3v) is 12.5. The monoisotopic (exact) mass is 797 g/mol. The highest BCUT2D eigenvalue weighted by Gasteiger charge is 2.64. The van der Waals surface area contributed by atoms with Gasteiger partial charge in [-0.3, -0.25) is 14.9 Å². The second-order valence-electron chi connectivity index (χ2n) is 14.0. The summed E-state index contributed by atoms with van der Waals surface area (Å²) in [5, 5.41) is 14.5. The predicted molar refractivity (Wildman–Crippen MR) is 206 cm³/mol. The topological polar surface area (TPSA) is 156 Å². The Balaban J connectivity index is 1.72. The molecule has 0 aromatic heterocycles. The highest BCUT2D eigenvalue weighted by Crippen LogP contribution is 2.49. The lowest BCUT2D eigenvalue weighted by Crippen LogP contribution is -2.63. The minimum Gasteiger partial charge on any atom is -0.495 e. The molecule has 0 aliphatic carbocycles. The number of carbonyl (C=O) groups is 4. The summed E-state index contributed by atoms with van der Waals surface area (Å²) in [6, 6.07) is 2.64. The first kappa shape index (κ1) is 42.8. The number of aliphatic hydroxyl groups is 1. The fraction of sp³-hybridized carbons (Fsp3) is 0.622. The molecule has 0 radical (unpaired) electrons. The van der Waals surface area contributed by atoms with Crippen LogP contribution in [0.2, 0.25) is 5.02 Å². The number of halogens is 1. The molecule has 3 heterocycles. The lowest BCUT2D eigenvalue weighted by Gasteiger charge is -2.42. The zero-order valence-electron chi connectivity index (χ0n) is 31.8. The number of likely N-dealkylation sites (N-methyl/N-ethyl adjacent to an activating group) is 1. The van der Waals surface area contributed by atoms with Gasteiger partial charge in [-0.2, -0.15) is 0 Å². The average Bonchev–Trinajstić information content (AvgIpc) is 3.81. The molecule has 2 saturated heterocycles. The SMILES string of the molecule is COc1cc2cc(c1Cl)N(C)C(=O)C[C@H](OC(=O)[C@H](C)N(C)C(=O)CCCSSC)[C@]1(C)O[C@H]1[C@H](C)[C@@H]1C[C@@](O)(NC(=O)O1)[C@H](OC)/C=C/C=C(\C)C2. The van der Waals surface area contributed by atoms with E-state index in [1.54, 1.807) is 80.7 Å². The third-order valence-electron chi connectivity index (χ3n) is 10.3. The van der Waals surface area contributed by atoms with E-state index in [4.69, 9.17) is 35.3 Å². The number of esters is 1. The van der Waals surface area contributed by atoms with Gasteiger partial charge in [0, 0.05) is 45.7 Å². The van der Waals surface area contributed by atoms with Crippen LogP contribution in [0.1, 0.15) is 58.9 Å². The lowest BCUT2D eigenvalue weighted by atomic mass is 9.83. The zero-order valence-corrected chi connectivity index (χ0v) is 34.2. The quantitative estimate of drug-likeness (QED) is 0.137. The van der Waals surface area contributed by atoms with Crippen molar-refractivity contribution in [2.24, 2.45) is 5.92 Å². The number of epoxide rings is 1. The van der Waals surface area contributed by atoms with Crippen LogP contribution in [0.3, 0.4) is 0 Å². The zero-order chi connectivity index (χ0) is 39.2. The minimum atomic E-state index is -1.82. The highest BCUT2D eigenvalue weighted by atomic mass is 35.5. The maximum Gasteiger partial charge on any atom is 0.409 e. The molecule has 0 spiro atoms. The Morgan fingerprint density at radius 2 is 1.98 bits per heavy atom. The predicted octanol–water partition coefficient (Wildman–Crippen LogP) is 5.31. The van der Waals surface area contributed by atoms with Crippen molar-refractivity contribution in [3.05, 3.63) is 46.5 Å². The first-order valence-electron chi connectivity index (χ1n) is 17.5. The molecule has 0 unspecified atom stereocenters. The van der Waals surface area contributed by atoms with Crippen LogP contribution in [0.15, 0.2) is 35.9 Å². The van der Waals surface area contributed by atoms with E-state index in [-0.39, 0.29) is 30.2 Å². The number of rotatable bonds is 10. The molecule has 0 saturated carbocycles. The van der Waals surface area contributed by atoms with Crippen LogP contribution in [-0.2, 0) is 39.8 Å². The van der Waals surface area contributed by atoms with Gasteiger partial charge in [0.2, 0.25) is 11.8 Å². The normalized spacial score (nSPS) is 31.2. The number of ether oxygens (including phenoxy) is 5. The molecule has 3 aliphatic rings. The smallest absolute Gasteiger partial charge is 0.409 e. The summed E-state index contributed by atoms with van der Waals surface area (Å²) in [7, 11) is 9.35. The second kappa shape index (κ2) is 18.1. The molecule has 8 atom stereocenters. The molecule has 1 aromatic rings. The van der Waals surface area contributed by atoms with E-state index in [9.17, 15) is 24.3 Å². The molecule has 294 valence electrons. The molecule has 2 fully saturated rings. The number of fused-ring (bicyclic) bond motifs is 5. The third kappa shape index (κ3) is 10.0. The van der Waals surface area contributed by atoms with E-state index < -0.39 is 65.7 Å². The van der Waals surface area contributed by atoms with Crippen molar-refractivity contribution in [1.29, 1.82) is 0 Å². The number of nitrogens with zero attached hydrogens (tertiary/aromatic N) is 2. The first-order valence-corrected chi connectivity index (χ1v) is 20.6. The Kier molecular flexibility index (Phi) is 14.6. The van der Waals surface area contributed by atoms with Gasteiger partial charge in [0.15, 0.2) is 5.72 Å². The molecule has 1 aromatic carbocycles. The van der Waals surface area contributed by atoms with Crippen molar-refractivity contribution in [2.75, 3.05) is 45.2 Å². The largest absolute Gasteiger partial charge is 0.495 e. The van der Waals surface area contributed by atoms with E-state index in [0.717, 1.165) is 16.9 Å². The number of amides is 3. The summed E-state index contributed by atoms with van der Waals surface area (Å²) >= 11 is 6.76. The van der Waals surface area contributed by atoms with Crippen LogP contribution in [0, 0.1) is 5.92 Å². The Morgan fingerprint density at radius 3 is 2.64 bits per heavy atom. The molecule has 2 N–H and O–H groups in total. The number of nitrogens with one attached hydrogen (secondary N) is 1. The molecule has 3 amide bonds. The van der Waals surface area contributed by atoms with Crippen molar-refractivity contribution >= 4 is 62.8 Å². The number of carbonyl (C=O) groups excluding carboxylic acids is 4. The number of alkyl carbamates (subject to hydrolysis) is 1. The van der Waals surface area contributed by atoms with Crippen LogP contribution < -0.4 is 15.0 Å². The van der Waals surface area contributed by atoms with Crippen molar-refractivity contribution < 1.29 is 48.0 Å². The van der Waals surface area contributed by atoms with Crippen molar-refractivity contribution in [1.82, 2.24) is 10.2 Å². The van der Waals surface area contributed by atoms with E-state index in [1.165, 1.54) is 24.0 Å². The van der Waals surface area contributed by atoms with Crippen molar-refractivity contribution in [3.8, 4) is 5.75 Å². The summed E-state index contributed by atoms with van der Waals surface area (Å²) in [5.74, 6) is -0.675. The lowest BCUT2D eigenvalue weighted by molar-refractivity contribution is -0.162. The maximum atomic E-state index is 14.1. The number of anilines is 1. The summed E-state index contributed by atoms with van der Waals surface area (Å²) < 4.78 is 29.2. The number of allylic oxidation sites excluding steroid dienone is 3. The van der Waals surface area contributed by atoms with Gasteiger partial charge in [-0.15, -0.1) is 0 Å². The Morgan fingerprint density at radius 1 is 1.26 bits per heavy atom. The Bertz CT molecular complexity index is 1600. The average molecular weight is 798 g/mol. The molecule has 3 aliphatic heterocycles. The summed E-state index contributed by atoms with van der Waals surface area (Å²) in [4.78, 5) is 56.4. The number of methoxy groups -OCH3 is 2. The van der Waals surface area contributed by atoms with Gasteiger partial charge in [0.25, 0.3) is 0 Å². The van der Waals surface area contributed by atoms with Gasteiger partial charge >= 0.3 is 12.1 Å². The summed E-state index contributed by atoms with van der Waals surface area (Å²) in [5.41, 5.74) is -0.881. The van der Waals surface area contributed by atoms with Crippen LogP contribution in [0.5, 0.6) is 5.75 Å². The van der Waals surface area contributed by atoms with Crippen LogP contribution in [0.25, 0.3) is 0 Å². The highest BCUT2D eigenvalue weighted by molar-refractivity contribution is 8.76. The van der Waals surface area contributed by atoms with E-state index in [0.29, 0.717) is 24.3 Å². The molecule has 4 bridgehead atoms. The molecular formula is C37H52ClN3O10S2. The van der Waals surface area contributed by atoms with Gasteiger partial charge in [-0.25, -0.2) is 9.59 Å². The van der Waals surface area contributed by atoms with Gasteiger partial charge in [-0.1, -0.05) is 63.9 Å². The fourth-order valence-corrected chi connectivity index (χ4v) is 8.36. The van der Waals surface area contributed by atoms with Gasteiger partial charge < -0.3 is 38.6 Å². The summed E-state index contributed by atoms with van der Waals surface area (Å²) in [6.45, 7) is 7.04. The maximum absolute atomic E-state index is 14.1. The molecule has 53 heavy (non-hydrogen) atoms. The molecule has 13 nitrogen and oxygen atoms in total. The standard InChI is InChI=1S/C37H52ClN3O10S2/c1-21-12-10-13-28(48-8)37(46)20-27(49-35(45)39-37)22(2)33-36(4,51-33)29(50-34(44)23(3)40(5)30(42)14-11-15-53-52-9)19-31(43)41(6)25-17-24(16-21)18-26(47-7)32(25)38/h10,12-13,17-18,22-23,27-29,33,46H,11,14-16,19-20H2,1-9H3,(H,39,45)/b13-10+,21-12+/t22-,23+,27+,28-,29+,33+,36+,37+/m1/s1. The number of benzene rings is 1. The second-order valence-corrected chi connectivity index (χ2v) is 17.1. The van der Waals surface area contributed by atoms with Gasteiger partial charge in [0.1, 0.15) is 40.7 Å². The van der Waals surface area contributed by atoms with Crippen LogP contribution in [0.4, 0.5) is 10.5 Å². The minimum absolute atomic E-state index is 0.0446. The molecule has 16 heteroatoms. The van der Waals surface area contributed by atoms with Crippen LogP contribution >= 0.6 is 33.2 Å². The van der Waals surface area contributed by atoms with Gasteiger partial charge in [0.05, 0.1) is 25.3 Å². The number of hydrogen-bond donors (Lipinski definition) is 2. The van der Waals surface area contributed by atoms with E-state index >= 15 is 0 Å². The Labute approximate surface area is 324 Å². The number of hydrogen-bond acceptors (Lipinski definition) is 12. The van der Waals surface area contributed by atoms with Gasteiger partial charge in [-0.05, 0) is 57.6 Å². The molecule has 4 rings (SSSR count).